The molecular weight excluding hydrogens is 364 g/mol. The van der Waals surface area contributed by atoms with E-state index in [-0.39, 0.29) is 16.6 Å². The summed E-state index contributed by atoms with van der Waals surface area (Å²) >= 11 is 5.83. The highest BCUT2D eigenvalue weighted by Crippen LogP contribution is 2.41. The number of benzene rings is 2. The third kappa shape index (κ3) is 3.06. The van der Waals surface area contributed by atoms with Crippen molar-refractivity contribution in [2.45, 2.75) is 6.10 Å². The molecule has 2 aromatic carbocycles. The van der Waals surface area contributed by atoms with Crippen molar-refractivity contribution in [3.63, 3.8) is 0 Å². The number of fused-ring (bicyclic) bond motifs is 1. The van der Waals surface area contributed by atoms with Crippen LogP contribution in [0.25, 0.3) is 0 Å². The van der Waals surface area contributed by atoms with Gasteiger partial charge in [0.2, 0.25) is 5.90 Å². The fraction of sp³-hybridized carbons (Fsp3) is 0.176. The Balaban J connectivity index is 2.14. The maximum Gasteiger partial charge on any atom is 0.288 e. The Labute approximate surface area is 153 Å². The van der Waals surface area contributed by atoms with Crippen LogP contribution in [0.4, 0.5) is 11.4 Å². The van der Waals surface area contributed by atoms with E-state index in [1.54, 1.807) is 12.1 Å². The van der Waals surface area contributed by atoms with E-state index in [1.807, 2.05) is 0 Å². The van der Waals surface area contributed by atoms with E-state index in [1.165, 1.54) is 32.4 Å². The normalized spacial score (nSPS) is 15.3. The first-order chi connectivity index (χ1) is 12.5. The first-order valence-electron chi connectivity index (χ1n) is 7.39. The zero-order chi connectivity index (χ0) is 18.8. The minimum atomic E-state index is -0.938. The third-order valence-corrected chi connectivity index (χ3v) is 4.13. The standard InChI is InChI=1S/C17H13ClN2O6/c1-24-14-6-10-12(7-15(14)25-2)19-17(26-16(10)8-21)9-3-4-11(18)13(5-9)20(22)23/h3-8,16H,1-2H3. The molecule has 1 heterocycles. The highest BCUT2D eigenvalue weighted by molar-refractivity contribution is 6.32. The molecule has 0 saturated carbocycles. The summed E-state index contributed by atoms with van der Waals surface area (Å²) in [5.74, 6) is 0.937. The molecule has 0 radical (unpaired) electrons. The summed E-state index contributed by atoms with van der Waals surface area (Å²) in [6.45, 7) is 0. The number of nitro groups is 1. The molecule has 3 rings (SSSR count). The zero-order valence-corrected chi connectivity index (χ0v) is 14.5. The van der Waals surface area contributed by atoms with Gasteiger partial charge in [0, 0.05) is 23.3 Å². The molecule has 0 saturated heterocycles. The molecule has 1 atom stereocenters. The molecule has 26 heavy (non-hydrogen) atoms. The molecule has 9 heteroatoms. The largest absolute Gasteiger partial charge is 0.493 e. The molecule has 2 aromatic rings. The first kappa shape index (κ1) is 17.7. The number of carbonyl (C=O) groups excluding carboxylic acids is 1. The van der Waals surface area contributed by atoms with Crippen LogP contribution in [-0.4, -0.2) is 31.3 Å². The van der Waals surface area contributed by atoms with Gasteiger partial charge < -0.3 is 14.2 Å². The van der Waals surface area contributed by atoms with E-state index < -0.39 is 11.0 Å². The molecule has 8 nitrogen and oxygen atoms in total. The number of ether oxygens (including phenoxy) is 3. The summed E-state index contributed by atoms with van der Waals surface area (Å²) in [7, 11) is 2.96. The average Bonchev–Trinajstić information content (AvgIpc) is 2.65. The molecule has 0 spiro atoms. The van der Waals surface area contributed by atoms with Crippen LogP contribution in [0.3, 0.4) is 0 Å². The van der Waals surface area contributed by atoms with E-state index in [2.05, 4.69) is 4.99 Å². The molecule has 1 aliphatic rings. The number of aldehydes is 1. The average molecular weight is 377 g/mol. The van der Waals surface area contributed by atoms with Crippen LogP contribution >= 0.6 is 11.6 Å². The van der Waals surface area contributed by atoms with Gasteiger partial charge in [-0.1, -0.05) is 11.6 Å². The van der Waals surface area contributed by atoms with Crippen molar-refractivity contribution in [2.24, 2.45) is 4.99 Å². The molecule has 0 aromatic heterocycles. The third-order valence-electron chi connectivity index (χ3n) is 3.81. The molecular formula is C17H13ClN2O6. The fourth-order valence-electron chi connectivity index (χ4n) is 2.55. The number of carbonyl (C=O) groups is 1. The fourth-order valence-corrected chi connectivity index (χ4v) is 2.73. The molecule has 134 valence electrons. The lowest BCUT2D eigenvalue weighted by atomic mass is 10.0. The molecule has 1 aliphatic heterocycles. The summed E-state index contributed by atoms with van der Waals surface area (Å²) in [6.07, 6.45) is -0.323. The molecule has 0 amide bonds. The Morgan fingerprint density at radius 1 is 1.23 bits per heavy atom. The number of nitrogens with zero attached hydrogens (tertiary/aromatic N) is 2. The number of hydrogen-bond donors (Lipinski definition) is 0. The van der Waals surface area contributed by atoms with Crippen LogP contribution in [-0.2, 0) is 9.53 Å². The van der Waals surface area contributed by atoms with Gasteiger partial charge in [0.25, 0.3) is 5.69 Å². The van der Waals surface area contributed by atoms with Gasteiger partial charge in [-0.15, -0.1) is 0 Å². The Bertz CT molecular complexity index is 928. The van der Waals surface area contributed by atoms with Gasteiger partial charge in [-0.3, -0.25) is 14.9 Å². The number of nitro benzene ring substituents is 1. The van der Waals surface area contributed by atoms with E-state index in [0.717, 1.165) is 0 Å². The van der Waals surface area contributed by atoms with Gasteiger partial charge in [0.1, 0.15) is 5.02 Å². The molecule has 0 fully saturated rings. The van der Waals surface area contributed by atoms with Crippen molar-refractivity contribution in [1.82, 2.24) is 0 Å². The number of methoxy groups -OCH3 is 2. The van der Waals surface area contributed by atoms with Crippen molar-refractivity contribution < 1.29 is 23.9 Å². The van der Waals surface area contributed by atoms with Gasteiger partial charge in [-0.25, -0.2) is 4.99 Å². The van der Waals surface area contributed by atoms with Crippen LogP contribution in [0, 0.1) is 10.1 Å². The SMILES string of the molecule is COc1cc2c(cc1OC)C(C=O)OC(c1ccc(Cl)c([N+](=O)[O-])c1)=N2. The van der Waals surface area contributed by atoms with Crippen LogP contribution in [0.1, 0.15) is 17.2 Å². The monoisotopic (exact) mass is 376 g/mol. The van der Waals surface area contributed by atoms with Crippen molar-refractivity contribution in [1.29, 1.82) is 0 Å². The topological polar surface area (TPSA) is 100 Å². The van der Waals surface area contributed by atoms with Crippen molar-refractivity contribution in [3.8, 4) is 11.5 Å². The van der Waals surface area contributed by atoms with Crippen LogP contribution in [0.2, 0.25) is 5.02 Å². The maximum atomic E-state index is 11.5. The number of hydrogen-bond acceptors (Lipinski definition) is 7. The van der Waals surface area contributed by atoms with E-state index in [4.69, 9.17) is 25.8 Å². The summed E-state index contributed by atoms with van der Waals surface area (Å²) in [5, 5.41) is 11.1. The van der Waals surface area contributed by atoms with Crippen LogP contribution in [0.5, 0.6) is 11.5 Å². The Hall–Kier alpha value is -3.13. The van der Waals surface area contributed by atoms with Crippen molar-refractivity contribution in [2.75, 3.05) is 14.2 Å². The minimum absolute atomic E-state index is 0.00565. The van der Waals surface area contributed by atoms with Crippen LogP contribution in [0.15, 0.2) is 35.3 Å². The quantitative estimate of drug-likeness (QED) is 0.449. The number of aliphatic imine (C=N–C) groups is 1. The molecule has 1 unspecified atom stereocenters. The Kier molecular flexibility index (Phi) is 4.77. The second-order valence-corrected chi connectivity index (χ2v) is 5.69. The highest BCUT2D eigenvalue weighted by Gasteiger charge is 2.28. The number of halogens is 1. The summed E-state index contributed by atoms with van der Waals surface area (Å²) in [6, 6.07) is 7.37. The van der Waals surface area contributed by atoms with Gasteiger partial charge >= 0.3 is 0 Å². The van der Waals surface area contributed by atoms with Gasteiger partial charge in [-0.2, -0.15) is 0 Å². The van der Waals surface area contributed by atoms with Crippen LogP contribution < -0.4 is 9.47 Å². The second kappa shape index (κ2) is 7.01. The predicted octanol–water partition coefficient (Wildman–Crippen LogP) is 3.61. The molecule has 0 aliphatic carbocycles. The van der Waals surface area contributed by atoms with Crippen molar-refractivity contribution in [3.05, 3.63) is 56.6 Å². The van der Waals surface area contributed by atoms with E-state index in [9.17, 15) is 14.9 Å². The maximum absolute atomic E-state index is 11.5. The second-order valence-electron chi connectivity index (χ2n) is 5.28. The first-order valence-corrected chi connectivity index (χ1v) is 7.77. The molecule has 0 bridgehead atoms. The summed E-state index contributed by atoms with van der Waals surface area (Å²) < 4.78 is 16.1. The van der Waals surface area contributed by atoms with Gasteiger partial charge in [0.05, 0.1) is 24.8 Å². The lowest BCUT2D eigenvalue weighted by Gasteiger charge is -2.23. The van der Waals surface area contributed by atoms with Gasteiger partial charge in [-0.05, 0) is 18.2 Å². The Morgan fingerprint density at radius 2 is 1.92 bits per heavy atom. The lowest BCUT2D eigenvalue weighted by Crippen LogP contribution is -2.18. The van der Waals surface area contributed by atoms with Gasteiger partial charge in [0.15, 0.2) is 23.9 Å². The zero-order valence-electron chi connectivity index (χ0n) is 13.8. The van der Waals surface area contributed by atoms with E-state index >= 15 is 0 Å². The Morgan fingerprint density at radius 3 is 2.54 bits per heavy atom. The predicted molar refractivity (Wildman–Crippen MR) is 93.7 cm³/mol. The van der Waals surface area contributed by atoms with E-state index in [0.29, 0.717) is 34.6 Å². The smallest absolute Gasteiger partial charge is 0.288 e. The number of rotatable bonds is 5. The lowest BCUT2D eigenvalue weighted by molar-refractivity contribution is -0.384. The molecule has 0 N–H and O–H groups in total. The minimum Gasteiger partial charge on any atom is -0.493 e. The summed E-state index contributed by atoms with van der Waals surface area (Å²) in [5.41, 5.74) is 0.994. The van der Waals surface area contributed by atoms with Crippen molar-refractivity contribution >= 4 is 35.2 Å². The highest BCUT2D eigenvalue weighted by atomic mass is 35.5. The summed E-state index contributed by atoms with van der Waals surface area (Å²) in [4.78, 5) is 26.3.